The van der Waals surface area contributed by atoms with E-state index < -0.39 is 6.04 Å². The summed E-state index contributed by atoms with van der Waals surface area (Å²) in [5.41, 5.74) is 2.56. The number of aromatic nitrogens is 1. The van der Waals surface area contributed by atoms with E-state index in [0.29, 0.717) is 44.2 Å². The van der Waals surface area contributed by atoms with E-state index in [4.69, 9.17) is 4.74 Å². The van der Waals surface area contributed by atoms with Crippen LogP contribution in [0.4, 0.5) is 5.69 Å². The van der Waals surface area contributed by atoms with Gasteiger partial charge in [-0.15, -0.1) is 0 Å². The minimum absolute atomic E-state index is 0.0792. The number of carbonyl (C=O) groups is 1. The maximum atomic E-state index is 13.7. The van der Waals surface area contributed by atoms with Crippen molar-refractivity contribution < 1.29 is 14.6 Å². The summed E-state index contributed by atoms with van der Waals surface area (Å²) in [7, 11) is 0. The predicted octanol–water partition coefficient (Wildman–Crippen LogP) is 3.98. The smallest absolute Gasteiger partial charge is 0.271 e. The fourth-order valence-electron chi connectivity index (χ4n) is 4.31. The summed E-state index contributed by atoms with van der Waals surface area (Å²) in [5.74, 6) is 0.450. The second-order valence-electron chi connectivity index (χ2n) is 8.46. The maximum Gasteiger partial charge on any atom is 0.271 e. The molecule has 0 saturated carbocycles. The molecule has 1 amide bonds. The highest BCUT2D eigenvalue weighted by atomic mass is 32.1. The van der Waals surface area contributed by atoms with Crippen molar-refractivity contribution >= 4 is 29.0 Å². The van der Waals surface area contributed by atoms with Gasteiger partial charge in [-0.05, 0) is 55.8 Å². The molecule has 0 aliphatic carbocycles. The number of ether oxygens (including phenoxy) is 1. The molecule has 37 heavy (non-hydrogen) atoms. The number of aromatic hydroxyl groups is 1. The Morgan fingerprint density at radius 1 is 1.08 bits per heavy atom. The van der Waals surface area contributed by atoms with E-state index in [0.717, 1.165) is 5.56 Å². The van der Waals surface area contributed by atoms with E-state index in [1.165, 1.54) is 11.3 Å². The Labute approximate surface area is 217 Å². The Morgan fingerprint density at radius 3 is 2.49 bits per heavy atom. The third-order valence-electron chi connectivity index (χ3n) is 6.03. The number of phenols is 1. The first-order valence-corrected chi connectivity index (χ1v) is 12.7. The first-order valence-electron chi connectivity index (χ1n) is 11.9. The summed E-state index contributed by atoms with van der Waals surface area (Å²) >= 11 is 1.22. The van der Waals surface area contributed by atoms with Crippen molar-refractivity contribution in [3.8, 4) is 11.5 Å². The predicted molar refractivity (Wildman–Crippen MR) is 145 cm³/mol. The molecule has 0 radical (unpaired) electrons. The Morgan fingerprint density at radius 2 is 1.78 bits per heavy atom. The van der Waals surface area contributed by atoms with Crippen molar-refractivity contribution in [2.24, 2.45) is 4.99 Å². The zero-order valence-electron chi connectivity index (χ0n) is 20.3. The summed E-state index contributed by atoms with van der Waals surface area (Å²) in [6.45, 7) is 4.22. The van der Waals surface area contributed by atoms with Gasteiger partial charge in [-0.25, -0.2) is 4.99 Å². The van der Waals surface area contributed by atoms with Crippen LogP contribution in [0.1, 0.15) is 31.0 Å². The molecule has 0 saturated heterocycles. The number of thiazole rings is 1. The van der Waals surface area contributed by atoms with Gasteiger partial charge in [0.1, 0.15) is 11.5 Å². The SMILES string of the molecule is CCOc1ccc([C@H]2C(C(=O)Nc3ccccc3)=C(C)N=c3s/c(=C/c4ccccc4O)c(=O)n32)cc1. The molecule has 5 rings (SSSR count). The quantitative estimate of drug-likeness (QED) is 0.410. The molecule has 8 heteroatoms. The minimum Gasteiger partial charge on any atom is -0.507 e. The van der Waals surface area contributed by atoms with Crippen molar-refractivity contribution in [2.75, 3.05) is 11.9 Å². The fraction of sp³-hybridized carbons (Fsp3) is 0.138. The van der Waals surface area contributed by atoms with Crippen LogP contribution in [0.25, 0.3) is 6.08 Å². The highest BCUT2D eigenvalue weighted by molar-refractivity contribution is 7.07. The van der Waals surface area contributed by atoms with Gasteiger partial charge in [0.15, 0.2) is 4.80 Å². The lowest BCUT2D eigenvalue weighted by Crippen LogP contribution is -2.40. The summed E-state index contributed by atoms with van der Waals surface area (Å²) < 4.78 is 7.56. The molecule has 1 aliphatic heterocycles. The molecule has 2 heterocycles. The van der Waals surface area contributed by atoms with E-state index in [2.05, 4.69) is 10.3 Å². The maximum absolute atomic E-state index is 13.7. The number of rotatable bonds is 6. The molecular weight excluding hydrogens is 486 g/mol. The van der Waals surface area contributed by atoms with Crippen LogP contribution in [-0.4, -0.2) is 22.2 Å². The third kappa shape index (κ3) is 4.83. The number of anilines is 1. The summed E-state index contributed by atoms with van der Waals surface area (Å²) in [4.78, 5) is 32.5. The standard InChI is InChI=1S/C29H25N3O4S/c1-3-36-22-15-13-19(14-16-22)26-25(27(34)31-21-10-5-4-6-11-21)18(2)30-29-32(26)28(35)24(37-29)17-20-9-7-8-12-23(20)33/h4-17,26,33H,3H2,1-2H3,(H,31,34)/b24-17+/t26-/m0/s1. The van der Waals surface area contributed by atoms with Crippen LogP contribution in [0.15, 0.2) is 99.9 Å². The molecule has 0 unspecified atom stereocenters. The van der Waals surface area contributed by atoms with Crippen LogP contribution in [0, 0.1) is 0 Å². The molecule has 4 aromatic rings. The molecule has 0 bridgehead atoms. The molecule has 7 nitrogen and oxygen atoms in total. The first kappa shape index (κ1) is 24.3. The van der Waals surface area contributed by atoms with Gasteiger partial charge in [0.05, 0.1) is 28.5 Å². The summed E-state index contributed by atoms with van der Waals surface area (Å²) in [6, 6.07) is 22.7. The van der Waals surface area contributed by atoms with E-state index in [1.807, 2.05) is 49.4 Å². The highest BCUT2D eigenvalue weighted by Gasteiger charge is 2.32. The van der Waals surface area contributed by atoms with Crippen molar-refractivity contribution in [1.82, 2.24) is 4.57 Å². The molecule has 0 fully saturated rings. The number of hydrogen-bond donors (Lipinski definition) is 2. The molecule has 0 spiro atoms. The van der Waals surface area contributed by atoms with Crippen molar-refractivity contribution in [3.05, 3.63) is 121 Å². The second-order valence-corrected chi connectivity index (χ2v) is 9.47. The number of carbonyl (C=O) groups excluding carboxylic acids is 1. The van der Waals surface area contributed by atoms with Crippen molar-refractivity contribution in [2.45, 2.75) is 19.9 Å². The van der Waals surface area contributed by atoms with Crippen LogP contribution >= 0.6 is 11.3 Å². The summed E-state index contributed by atoms with van der Waals surface area (Å²) in [5, 5.41) is 13.2. The van der Waals surface area contributed by atoms with E-state index in [9.17, 15) is 14.7 Å². The second kappa shape index (κ2) is 10.3. The topological polar surface area (TPSA) is 92.9 Å². The van der Waals surface area contributed by atoms with E-state index in [-0.39, 0.29) is 17.2 Å². The van der Waals surface area contributed by atoms with Crippen molar-refractivity contribution in [3.63, 3.8) is 0 Å². The van der Waals surface area contributed by atoms with Gasteiger partial charge in [0, 0.05) is 11.3 Å². The lowest BCUT2D eigenvalue weighted by atomic mass is 9.95. The Bertz CT molecular complexity index is 1670. The molecule has 3 aromatic carbocycles. The molecule has 1 aromatic heterocycles. The largest absolute Gasteiger partial charge is 0.507 e. The fourth-order valence-corrected chi connectivity index (χ4v) is 5.35. The van der Waals surface area contributed by atoms with Gasteiger partial charge in [-0.1, -0.05) is 59.9 Å². The monoisotopic (exact) mass is 511 g/mol. The molecular formula is C29H25N3O4S. The lowest BCUT2D eigenvalue weighted by Gasteiger charge is -2.25. The number of para-hydroxylation sites is 2. The minimum atomic E-state index is -0.692. The Hall–Kier alpha value is -4.43. The van der Waals surface area contributed by atoms with Gasteiger partial charge >= 0.3 is 0 Å². The van der Waals surface area contributed by atoms with Crippen LogP contribution in [-0.2, 0) is 4.79 Å². The van der Waals surface area contributed by atoms with Crippen LogP contribution in [0.3, 0.4) is 0 Å². The average Bonchev–Trinajstić information content (AvgIpc) is 3.20. The number of amides is 1. The number of fused-ring (bicyclic) bond motifs is 1. The summed E-state index contributed by atoms with van der Waals surface area (Å²) in [6.07, 6.45) is 1.65. The van der Waals surface area contributed by atoms with Crippen LogP contribution in [0.2, 0.25) is 0 Å². The van der Waals surface area contributed by atoms with Crippen molar-refractivity contribution in [1.29, 1.82) is 0 Å². The number of benzene rings is 3. The first-order chi connectivity index (χ1) is 18.0. The molecule has 1 atom stereocenters. The van der Waals surface area contributed by atoms with Crippen LogP contribution in [0.5, 0.6) is 11.5 Å². The zero-order chi connectivity index (χ0) is 25.9. The van der Waals surface area contributed by atoms with E-state index in [1.54, 1.807) is 54.0 Å². The number of nitrogens with zero attached hydrogens (tertiary/aromatic N) is 2. The Balaban J connectivity index is 1.67. The van der Waals surface area contributed by atoms with Gasteiger partial charge in [0.2, 0.25) is 0 Å². The third-order valence-corrected chi connectivity index (χ3v) is 7.01. The molecule has 1 aliphatic rings. The van der Waals surface area contributed by atoms with Gasteiger partial charge in [-0.3, -0.25) is 14.2 Å². The normalized spacial score (nSPS) is 15.2. The van der Waals surface area contributed by atoms with Crippen LogP contribution < -0.4 is 24.9 Å². The number of phenolic OH excluding ortho intramolecular Hbond substituents is 1. The zero-order valence-corrected chi connectivity index (χ0v) is 21.2. The van der Waals surface area contributed by atoms with Gasteiger partial charge < -0.3 is 15.2 Å². The van der Waals surface area contributed by atoms with Gasteiger partial charge in [-0.2, -0.15) is 0 Å². The number of nitrogens with one attached hydrogen (secondary N) is 1. The average molecular weight is 512 g/mol. The van der Waals surface area contributed by atoms with E-state index >= 15 is 0 Å². The number of allylic oxidation sites excluding steroid dienone is 1. The number of hydrogen-bond acceptors (Lipinski definition) is 6. The highest BCUT2D eigenvalue weighted by Crippen LogP contribution is 2.31. The lowest BCUT2D eigenvalue weighted by molar-refractivity contribution is -0.113. The molecule has 186 valence electrons. The van der Waals surface area contributed by atoms with Gasteiger partial charge in [0.25, 0.3) is 11.5 Å². The molecule has 2 N–H and O–H groups in total. The Kier molecular flexibility index (Phi) is 6.74.